The molecule has 0 spiro atoms. The quantitative estimate of drug-likeness (QED) is 0.354. The van der Waals surface area contributed by atoms with Crippen molar-refractivity contribution in [3.05, 3.63) is 75.4 Å². The van der Waals surface area contributed by atoms with Gasteiger partial charge in [-0.3, -0.25) is 0 Å². The second-order valence-corrected chi connectivity index (χ2v) is 6.71. The Morgan fingerprint density at radius 1 is 1.33 bits per heavy atom. The monoisotopic (exact) mass is 447 g/mol. The van der Waals surface area contributed by atoms with Crippen LogP contribution in [0.2, 0.25) is 5.02 Å². The van der Waals surface area contributed by atoms with Crippen LogP contribution in [-0.4, -0.2) is 25.6 Å². The number of carbonyl (C=O) groups is 1. The fourth-order valence-corrected chi connectivity index (χ4v) is 3.21. The number of rotatable bonds is 6. The number of cyclic esters (lactones) is 1. The van der Waals surface area contributed by atoms with Gasteiger partial charge in [0.2, 0.25) is 5.90 Å². The van der Waals surface area contributed by atoms with Crippen LogP contribution in [0.15, 0.2) is 64.2 Å². The number of nitrogens with zero attached hydrogens (tertiary/aromatic N) is 1. The van der Waals surface area contributed by atoms with Gasteiger partial charge in [0.05, 0.1) is 22.2 Å². The van der Waals surface area contributed by atoms with Crippen LogP contribution in [-0.2, 0) is 9.53 Å². The first-order valence-electron chi connectivity index (χ1n) is 7.92. The maximum Gasteiger partial charge on any atom is 0.363 e. The van der Waals surface area contributed by atoms with Crippen LogP contribution in [0.3, 0.4) is 0 Å². The van der Waals surface area contributed by atoms with Crippen molar-refractivity contribution >= 4 is 45.5 Å². The molecule has 2 aromatic rings. The molecule has 0 unspecified atom stereocenters. The molecule has 0 saturated carbocycles. The van der Waals surface area contributed by atoms with E-state index < -0.39 is 5.97 Å². The zero-order valence-electron chi connectivity index (χ0n) is 14.4. The van der Waals surface area contributed by atoms with E-state index in [0.29, 0.717) is 38.7 Å². The number of esters is 1. The van der Waals surface area contributed by atoms with Crippen LogP contribution in [0, 0.1) is 0 Å². The van der Waals surface area contributed by atoms with E-state index in [-0.39, 0.29) is 11.6 Å². The predicted molar refractivity (Wildman–Crippen MR) is 108 cm³/mol. The minimum Gasteiger partial charge on any atom is -0.493 e. The van der Waals surface area contributed by atoms with E-state index in [4.69, 9.17) is 25.8 Å². The average molecular weight is 449 g/mol. The first-order valence-corrected chi connectivity index (χ1v) is 9.09. The highest BCUT2D eigenvalue weighted by Crippen LogP contribution is 2.37. The number of ether oxygens (including phenoxy) is 3. The molecule has 0 aromatic heterocycles. The zero-order valence-corrected chi connectivity index (χ0v) is 16.7. The van der Waals surface area contributed by atoms with E-state index in [1.165, 1.54) is 7.11 Å². The molecule has 0 fully saturated rings. The van der Waals surface area contributed by atoms with Crippen LogP contribution in [0.25, 0.3) is 6.08 Å². The molecule has 138 valence electrons. The molecule has 1 aliphatic heterocycles. The third kappa shape index (κ3) is 4.23. The maximum absolute atomic E-state index is 12.2. The first-order chi connectivity index (χ1) is 13.0. The maximum atomic E-state index is 12.2. The number of halogens is 2. The SMILES string of the molecule is C=CCOc1c(Br)cc(/C=C2/N=C(c3ccccc3Cl)OC2=O)cc1OC. The van der Waals surface area contributed by atoms with Gasteiger partial charge in [-0.2, -0.15) is 0 Å². The van der Waals surface area contributed by atoms with Crippen molar-refractivity contribution in [2.45, 2.75) is 0 Å². The summed E-state index contributed by atoms with van der Waals surface area (Å²) in [7, 11) is 1.54. The predicted octanol–water partition coefficient (Wildman–Crippen LogP) is 5.02. The Kier molecular flexibility index (Phi) is 5.98. The van der Waals surface area contributed by atoms with E-state index in [9.17, 15) is 4.79 Å². The van der Waals surface area contributed by atoms with Crippen molar-refractivity contribution in [2.75, 3.05) is 13.7 Å². The van der Waals surface area contributed by atoms with Crippen molar-refractivity contribution in [2.24, 2.45) is 4.99 Å². The van der Waals surface area contributed by atoms with E-state index in [2.05, 4.69) is 27.5 Å². The summed E-state index contributed by atoms with van der Waals surface area (Å²) in [6, 6.07) is 10.6. The average Bonchev–Trinajstić information content (AvgIpc) is 3.01. The fraction of sp³-hybridized carbons (Fsp3) is 0.100. The lowest BCUT2D eigenvalue weighted by atomic mass is 10.1. The van der Waals surface area contributed by atoms with Crippen molar-refractivity contribution in [3.8, 4) is 11.5 Å². The number of hydrogen-bond acceptors (Lipinski definition) is 5. The Morgan fingerprint density at radius 3 is 2.81 bits per heavy atom. The molecule has 0 bridgehead atoms. The van der Waals surface area contributed by atoms with Crippen molar-refractivity contribution in [1.29, 1.82) is 0 Å². The summed E-state index contributed by atoms with van der Waals surface area (Å²) in [5.41, 5.74) is 1.42. The van der Waals surface area contributed by atoms with Crippen LogP contribution in [0.4, 0.5) is 0 Å². The van der Waals surface area contributed by atoms with Crippen molar-refractivity contribution < 1.29 is 19.0 Å². The molecular weight excluding hydrogens is 434 g/mol. The summed E-state index contributed by atoms with van der Waals surface area (Å²) in [5, 5.41) is 0.457. The molecule has 0 saturated heterocycles. The second kappa shape index (κ2) is 8.41. The third-order valence-corrected chi connectivity index (χ3v) is 4.54. The Hall–Kier alpha value is -2.57. The Balaban J connectivity index is 1.96. The Labute approximate surface area is 170 Å². The van der Waals surface area contributed by atoms with Gasteiger partial charge in [0.25, 0.3) is 0 Å². The third-order valence-electron chi connectivity index (χ3n) is 3.63. The van der Waals surface area contributed by atoms with Gasteiger partial charge in [-0.05, 0) is 51.8 Å². The molecule has 0 N–H and O–H groups in total. The molecule has 0 amide bonds. The molecule has 3 rings (SSSR count). The summed E-state index contributed by atoms with van der Waals surface area (Å²) >= 11 is 9.60. The zero-order chi connectivity index (χ0) is 19.4. The lowest BCUT2D eigenvalue weighted by Gasteiger charge is -2.12. The van der Waals surface area contributed by atoms with Crippen molar-refractivity contribution in [1.82, 2.24) is 0 Å². The van der Waals surface area contributed by atoms with Gasteiger partial charge >= 0.3 is 5.97 Å². The van der Waals surface area contributed by atoms with Crippen LogP contribution >= 0.6 is 27.5 Å². The topological polar surface area (TPSA) is 57.1 Å². The summed E-state index contributed by atoms with van der Waals surface area (Å²) < 4.78 is 16.9. The van der Waals surface area contributed by atoms with Crippen LogP contribution < -0.4 is 9.47 Å². The highest BCUT2D eigenvalue weighted by atomic mass is 79.9. The minimum atomic E-state index is -0.549. The standard InChI is InChI=1S/C20H15BrClNO4/c1-3-8-26-18-14(21)9-12(11-17(18)25-2)10-16-20(24)27-19(23-16)13-6-4-5-7-15(13)22/h3-7,9-11H,1,8H2,2H3/b16-10+. The van der Waals surface area contributed by atoms with Gasteiger partial charge in [0.15, 0.2) is 17.2 Å². The second-order valence-electron chi connectivity index (χ2n) is 5.45. The molecule has 0 atom stereocenters. The molecule has 0 radical (unpaired) electrons. The molecule has 5 nitrogen and oxygen atoms in total. The fourth-order valence-electron chi connectivity index (χ4n) is 2.42. The summed E-state index contributed by atoms with van der Waals surface area (Å²) in [4.78, 5) is 16.5. The van der Waals surface area contributed by atoms with E-state index >= 15 is 0 Å². The largest absolute Gasteiger partial charge is 0.493 e. The lowest BCUT2D eigenvalue weighted by molar-refractivity contribution is -0.129. The van der Waals surface area contributed by atoms with Gasteiger partial charge in [-0.25, -0.2) is 9.79 Å². The molecule has 1 heterocycles. The highest BCUT2D eigenvalue weighted by Gasteiger charge is 2.25. The molecule has 0 aliphatic carbocycles. The number of benzene rings is 2. The number of aliphatic imine (C=N–C) groups is 1. The normalized spacial score (nSPS) is 14.7. The van der Waals surface area contributed by atoms with Crippen LogP contribution in [0.5, 0.6) is 11.5 Å². The first kappa shape index (κ1) is 19.2. The Bertz CT molecular complexity index is 968. The van der Waals surface area contributed by atoms with Gasteiger partial charge in [-0.15, -0.1) is 0 Å². The van der Waals surface area contributed by atoms with E-state index in [1.807, 2.05) is 0 Å². The van der Waals surface area contributed by atoms with Gasteiger partial charge in [-0.1, -0.05) is 36.4 Å². The van der Waals surface area contributed by atoms with Gasteiger partial charge in [0, 0.05) is 0 Å². The number of methoxy groups -OCH3 is 1. The molecule has 7 heteroatoms. The number of carbonyl (C=O) groups excluding carboxylic acids is 1. The summed E-state index contributed by atoms with van der Waals surface area (Å²) in [6.07, 6.45) is 3.25. The lowest BCUT2D eigenvalue weighted by Crippen LogP contribution is -2.05. The summed E-state index contributed by atoms with van der Waals surface area (Å²) in [6.45, 7) is 3.97. The van der Waals surface area contributed by atoms with Crippen molar-refractivity contribution in [3.63, 3.8) is 0 Å². The molecule has 2 aromatic carbocycles. The highest BCUT2D eigenvalue weighted by molar-refractivity contribution is 9.10. The molecule has 1 aliphatic rings. The van der Waals surface area contributed by atoms with Gasteiger partial charge < -0.3 is 14.2 Å². The summed E-state index contributed by atoms with van der Waals surface area (Å²) in [5.74, 6) is 0.689. The van der Waals surface area contributed by atoms with Crippen LogP contribution in [0.1, 0.15) is 11.1 Å². The van der Waals surface area contributed by atoms with Gasteiger partial charge in [0.1, 0.15) is 6.61 Å². The Morgan fingerprint density at radius 2 is 2.11 bits per heavy atom. The minimum absolute atomic E-state index is 0.165. The molecular formula is C20H15BrClNO4. The smallest absolute Gasteiger partial charge is 0.363 e. The number of hydrogen-bond donors (Lipinski definition) is 0. The van der Waals surface area contributed by atoms with E-state index in [0.717, 1.165) is 0 Å². The molecule has 27 heavy (non-hydrogen) atoms. The van der Waals surface area contributed by atoms with E-state index in [1.54, 1.807) is 48.6 Å².